The van der Waals surface area contributed by atoms with Gasteiger partial charge in [0.05, 0.1) is 17.2 Å². The summed E-state index contributed by atoms with van der Waals surface area (Å²) in [6.07, 6.45) is 2.59. The molecule has 5 rings (SSSR count). The van der Waals surface area contributed by atoms with Gasteiger partial charge in [0, 0.05) is 28.2 Å². The maximum Gasteiger partial charge on any atom is 0.335 e. The van der Waals surface area contributed by atoms with Crippen LogP contribution < -0.4 is 0 Å². The predicted octanol–water partition coefficient (Wildman–Crippen LogP) is 5.86. The maximum atomic E-state index is 13.7. The highest BCUT2D eigenvalue weighted by atomic mass is 19.1. The summed E-state index contributed by atoms with van der Waals surface area (Å²) in [6, 6.07) is 18.3. The quantitative estimate of drug-likeness (QED) is 0.368. The number of hydrogen-bond acceptors (Lipinski definition) is 3. The van der Waals surface area contributed by atoms with E-state index in [9.17, 15) is 24.5 Å². The Bertz CT molecular complexity index is 1320. The van der Waals surface area contributed by atoms with Crippen molar-refractivity contribution in [1.82, 2.24) is 4.57 Å². The Morgan fingerprint density at radius 1 is 0.909 bits per heavy atom. The van der Waals surface area contributed by atoms with E-state index < -0.39 is 5.97 Å². The van der Waals surface area contributed by atoms with E-state index in [-0.39, 0.29) is 29.2 Å². The van der Waals surface area contributed by atoms with E-state index in [0.29, 0.717) is 18.2 Å². The van der Waals surface area contributed by atoms with Gasteiger partial charge in [-0.15, -0.1) is 0 Å². The first-order chi connectivity index (χ1) is 15.9. The molecule has 0 spiro atoms. The second-order valence-electron chi connectivity index (χ2n) is 8.63. The molecule has 168 valence electrons. The first-order valence-electron chi connectivity index (χ1n) is 11.1. The molecular weight excluding hydrogens is 421 g/mol. The van der Waals surface area contributed by atoms with Crippen LogP contribution in [-0.4, -0.2) is 32.0 Å². The van der Waals surface area contributed by atoms with Gasteiger partial charge in [0.25, 0.3) is 0 Å². The third kappa shape index (κ3) is 3.76. The Morgan fingerprint density at radius 3 is 2.21 bits per heavy atom. The molecule has 0 radical (unpaired) electrons. The molecule has 33 heavy (non-hydrogen) atoms. The van der Waals surface area contributed by atoms with Gasteiger partial charge in [-0.05, 0) is 79.8 Å². The summed E-state index contributed by atoms with van der Waals surface area (Å²) in [5.41, 5.74) is 4.38. The Morgan fingerprint density at radius 2 is 1.58 bits per heavy atom. The predicted molar refractivity (Wildman–Crippen MR) is 125 cm³/mol. The number of aliphatic hydroxyl groups excluding tert-OH is 1. The van der Waals surface area contributed by atoms with Crippen molar-refractivity contribution in [3.05, 3.63) is 83.8 Å². The van der Waals surface area contributed by atoms with Gasteiger partial charge in [-0.25, -0.2) is 9.18 Å². The van der Waals surface area contributed by atoms with E-state index in [1.54, 1.807) is 48.5 Å². The fourth-order valence-electron chi connectivity index (χ4n) is 5.02. The zero-order valence-electron chi connectivity index (χ0n) is 17.9. The largest absolute Gasteiger partial charge is 0.507 e. The van der Waals surface area contributed by atoms with E-state index in [4.69, 9.17) is 0 Å². The minimum absolute atomic E-state index is 0.111. The van der Waals surface area contributed by atoms with Crippen LogP contribution in [0, 0.1) is 5.82 Å². The summed E-state index contributed by atoms with van der Waals surface area (Å²) in [5.74, 6) is -1.09. The average Bonchev–Trinajstić information content (AvgIpc) is 3.16. The number of carbonyl (C=O) groups is 1. The normalized spacial score (nSPS) is 18.5. The van der Waals surface area contributed by atoms with Crippen molar-refractivity contribution in [3.63, 3.8) is 0 Å². The SMILES string of the molecule is O=C(O)c1ccc(-c2c(C3CCC(O)CC3)n(-c3ccc(F)cc3)c3cccc(O)c23)cc1. The van der Waals surface area contributed by atoms with Gasteiger partial charge < -0.3 is 19.9 Å². The highest BCUT2D eigenvalue weighted by Crippen LogP contribution is 2.47. The van der Waals surface area contributed by atoms with Crippen molar-refractivity contribution in [2.45, 2.75) is 37.7 Å². The van der Waals surface area contributed by atoms with Crippen LogP contribution in [0.5, 0.6) is 5.75 Å². The van der Waals surface area contributed by atoms with Crippen LogP contribution in [0.1, 0.15) is 47.7 Å². The number of benzene rings is 3. The Balaban J connectivity index is 1.83. The number of phenolic OH excluding ortho intramolecular Hbond substituents is 1. The van der Waals surface area contributed by atoms with Crippen molar-refractivity contribution >= 4 is 16.9 Å². The molecule has 3 N–H and O–H groups in total. The zero-order chi connectivity index (χ0) is 23.1. The van der Waals surface area contributed by atoms with Crippen LogP contribution in [0.15, 0.2) is 66.7 Å². The number of nitrogens with zero attached hydrogens (tertiary/aromatic N) is 1. The summed E-state index contributed by atoms with van der Waals surface area (Å²) in [4.78, 5) is 11.4. The summed E-state index contributed by atoms with van der Waals surface area (Å²) >= 11 is 0. The minimum atomic E-state index is -1.00. The minimum Gasteiger partial charge on any atom is -0.507 e. The van der Waals surface area contributed by atoms with Crippen LogP contribution in [0.25, 0.3) is 27.7 Å². The highest BCUT2D eigenvalue weighted by Gasteiger charge is 2.30. The van der Waals surface area contributed by atoms with Crippen molar-refractivity contribution in [1.29, 1.82) is 0 Å². The molecule has 1 saturated carbocycles. The third-order valence-corrected chi connectivity index (χ3v) is 6.60. The van der Waals surface area contributed by atoms with Crippen LogP contribution in [0.2, 0.25) is 0 Å². The van der Waals surface area contributed by atoms with Gasteiger partial charge in [0.15, 0.2) is 0 Å². The van der Waals surface area contributed by atoms with Gasteiger partial charge in [0.2, 0.25) is 0 Å². The lowest BCUT2D eigenvalue weighted by Crippen LogP contribution is -2.19. The maximum absolute atomic E-state index is 13.7. The number of carboxylic acids is 1. The smallest absolute Gasteiger partial charge is 0.335 e. The Labute approximate surface area is 190 Å². The molecular formula is C27H24FNO4. The van der Waals surface area contributed by atoms with Crippen LogP contribution in [0.4, 0.5) is 4.39 Å². The first-order valence-corrected chi connectivity index (χ1v) is 11.1. The number of aromatic carboxylic acids is 1. The van der Waals surface area contributed by atoms with Gasteiger partial charge in [-0.2, -0.15) is 0 Å². The van der Waals surface area contributed by atoms with E-state index in [0.717, 1.165) is 40.9 Å². The second-order valence-corrected chi connectivity index (χ2v) is 8.63. The Kier molecular flexibility index (Phi) is 5.38. The molecule has 5 nitrogen and oxygen atoms in total. The number of halogens is 1. The van der Waals surface area contributed by atoms with Crippen molar-refractivity contribution in [3.8, 4) is 22.6 Å². The fourth-order valence-corrected chi connectivity index (χ4v) is 5.02. The summed E-state index contributed by atoms with van der Waals surface area (Å²) in [5, 5.41) is 31.0. The summed E-state index contributed by atoms with van der Waals surface area (Å²) in [7, 11) is 0. The molecule has 0 unspecified atom stereocenters. The van der Waals surface area contributed by atoms with Gasteiger partial charge in [-0.3, -0.25) is 0 Å². The topological polar surface area (TPSA) is 82.7 Å². The van der Waals surface area contributed by atoms with E-state index >= 15 is 0 Å². The van der Waals surface area contributed by atoms with E-state index in [1.807, 2.05) is 6.07 Å². The molecule has 1 aliphatic rings. The fraction of sp³-hybridized carbons (Fsp3) is 0.222. The number of aromatic nitrogens is 1. The molecule has 0 atom stereocenters. The van der Waals surface area contributed by atoms with Crippen LogP contribution in [0.3, 0.4) is 0 Å². The number of fused-ring (bicyclic) bond motifs is 1. The molecule has 0 amide bonds. The standard InChI is InChI=1S/C27H24FNO4/c28-19-10-12-20(13-11-19)29-22-2-1-3-23(31)25(22)24(16-4-6-18(7-5-16)27(32)33)26(29)17-8-14-21(30)15-9-17/h1-7,10-13,17,21,30-31H,8-9,14-15H2,(H,32,33). The van der Waals surface area contributed by atoms with Crippen molar-refractivity contribution in [2.24, 2.45) is 0 Å². The summed E-state index contributed by atoms with van der Waals surface area (Å²) in [6.45, 7) is 0. The van der Waals surface area contributed by atoms with E-state index in [2.05, 4.69) is 4.57 Å². The lowest BCUT2D eigenvalue weighted by atomic mass is 9.82. The monoisotopic (exact) mass is 445 g/mol. The van der Waals surface area contributed by atoms with Crippen molar-refractivity contribution < 1.29 is 24.5 Å². The first kappa shape index (κ1) is 21.2. The lowest BCUT2D eigenvalue weighted by Gasteiger charge is -2.28. The number of aromatic hydroxyl groups is 1. The van der Waals surface area contributed by atoms with Gasteiger partial charge in [0.1, 0.15) is 11.6 Å². The molecule has 1 heterocycles. The zero-order valence-corrected chi connectivity index (χ0v) is 17.9. The van der Waals surface area contributed by atoms with Crippen LogP contribution >= 0.6 is 0 Å². The molecule has 1 aromatic heterocycles. The highest BCUT2D eigenvalue weighted by molar-refractivity contribution is 6.03. The molecule has 0 aliphatic heterocycles. The number of carboxylic acid groups (broad SMARTS) is 1. The molecule has 0 saturated heterocycles. The molecule has 3 aromatic carbocycles. The molecule has 6 heteroatoms. The number of rotatable bonds is 4. The number of phenols is 1. The third-order valence-electron chi connectivity index (χ3n) is 6.60. The van der Waals surface area contributed by atoms with Gasteiger partial charge in [-0.1, -0.05) is 18.2 Å². The molecule has 0 bridgehead atoms. The van der Waals surface area contributed by atoms with Crippen LogP contribution in [-0.2, 0) is 0 Å². The second kappa shape index (κ2) is 8.37. The number of aliphatic hydroxyl groups is 1. The van der Waals surface area contributed by atoms with E-state index in [1.165, 1.54) is 12.1 Å². The average molecular weight is 445 g/mol. The number of hydrogen-bond donors (Lipinski definition) is 3. The molecule has 1 fully saturated rings. The van der Waals surface area contributed by atoms with Gasteiger partial charge >= 0.3 is 5.97 Å². The lowest BCUT2D eigenvalue weighted by molar-refractivity contribution is 0.0697. The molecule has 1 aliphatic carbocycles. The summed E-state index contributed by atoms with van der Waals surface area (Å²) < 4.78 is 15.8. The Hall–Kier alpha value is -3.64. The molecule has 4 aromatic rings. The van der Waals surface area contributed by atoms with Crippen molar-refractivity contribution in [2.75, 3.05) is 0 Å².